The first-order valence-corrected chi connectivity index (χ1v) is 6.18. The Morgan fingerprint density at radius 3 is 2.74 bits per heavy atom. The number of hydrogen-bond donors (Lipinski definition) is 2. The van der Waals surface area contributed by atoms with Crippen LogP contribution >= 0.6 is 11.3 Å². The van der Waals surface area contributed by atoms with Crippen LogP contribution in [-0.2, 0) is 4.79 Å². The lowest BCUT2D eigenvalue weighted by Gasteiger charge is -2.07. The van der Waals surface area contributed by atoms with Gasteiger partial charge in [0.2, 0.25) is 0 Å². The van der Waals surface area contributed by atoms with Gasteiger partial charge < -0.3 is 15.8 Å². The zero-order valence-corrected chi connectivity index (χ0v) is 10.9. The molecule has 0 bridgehead atoms. The van der Waals surface area contributed by atoms with Crippen LogP contribution in [0.5, 0.6) is 5.75 Å². The number of nitrogens with two attached hydrogens (primary N) is 1. The van der Waals surface area contributed by atoms with Crippen molar-refractivity contribution in [2.24, 2.45) is 0 Å². The summed E-state index contributed by atoms with van der Waals surface area (Å²) in [5.41, 5.74) is 5.74. The molecule has 0 saturated heterocycles. The fourth-order valence-electron chi connectivity index (χ4n) is 1.42. The van der Waals surface area contributed by atoms with Crippen LogP contribution in [0.15, 0.2) is 30.5 Å². The van der Waals surface area contributed by atoms with Crippen molar-refractivity contribution in [3.8, 4) is 5.75 Å². The Morgan fingerprint density at radius 2 is 2.11 bits per heavy atom. The highest BCUT2D eigenvalue weighted by atomic mass is 32.1. The maximum atomic E-state index is 12.1. The summed E-state index contributed by atoms with van der Waals surface area (Å²) in [4.78, 5) is 26.9. The third kappa shape index (κ3) is 3.29. The minimum atomic E-state index is -0.484. The number of nitrogens with one attached hydrogen (secondary N) is 1. The van der Waals surface area contributed by atoms with Gasteiger partial charge in [-0.2, -0.15) is 0 Å². The number of benzene rings is 1. The van der Waals surface area contributed by atoms with Crippen molar-refractivity contribution in [1.29, 1.82) is 0 Å². The number of anilines is 2. The van der Waals surface area contributed by atoms with Gasteiger partial charge in [-0.15, -0.1) is 0 Å². The largest absolute Gasteiger partial charge is 0.426 e. The van der Waals surface area contributed by atoms with E-state index < -0.39 is 5.97 Å². The van der Waals surface area contributed by atoms with Gasteiger partial charge in [-0.1, -0.05) is 23.5 Å². The molecule has 1 aromatic heterocycles. The van der Waals surface area contributed by atoms with Gasteiger partial charge in [0.25, 0.3) is 5.91 Å². The van der Waals surface area contributed by atoms with Gasteiger partial charge in [0.15, 0.2) is 5.13 Å². The molecule has 2 rings (SSSR count). The topological polar surface area (TPSA) is 94.3 Å². The summed E-state index contributed by atoms with van der Waals surface area (Å²) in [5, 5.41) is 3.53. The van der Waals surface area contributed by atoms with E-state index in [-0.39, 0.29) is 17.2 Å². The molecule has 1 amide bonds. The van der Waals surface area contributed by atoms with Crippen LogP contribution in [0.1, 0.15) is 17.3 Å². The maximum Gasteiger partial charge on any atom is 0.308 e. The smallest absolute Gasteiger partial charge is 0.308 e. The lowest BCUT2D eigenvalue weighted by molar-refractivity contribution is -0.131. The molecule has 0 spiro atoms. The van der Waals surface area contributed by atoms with Crippen LogP contribution in [-0.4, -0.2) is 16.9 Å². The molecule has 0 radical (unpaired) electrons. The summed E-state index contributed by atoms with van der Waals surface area (Å²) in [5.74, 6) is -0.659. The SMILES string of the molecule is CC(=O)Oc1ccccc1C(=O)Nc1cnc(N)s1. The van der Waals surface area contributed by atoms with Gasteiger partial charge in [-0.05, 0) is 12.1 Å². The van der Waals surface area contributed by atoms with Crippen molar-refractivity contribution >= 4 is 33.3 Å². The predicted octanol–water partition coefficient (Wildman–Crippen LogP) is 1.90. The van der Waals surface area contributed by atoms with Crippen LogP contribution in [0.4, 0.5) is 10.1 Å². The van der Waals surface area contributed by atoms with Crippen LogP contribution < -0.4 is 15.8 Å². The molecule has 1 heterocycles. The molecule has 0 unspecified atom stereocenters. The highest BCUT2D eigenvalue weighted by molar-refractivity contribution is 7.19. The molecule has 6 nitrogen and oxygen atoms in total. The summed E-state index contributed by atoms with van der Waals surface area (Å²) in [7, 11) is 0. The number of amides is 1. The molecule has 0 aliphatic heterocycles. The number of rotatable bonds is 3. The second kappa shape index (κ2) is 5.49. The minimum absolute atomic E-state index is 0.213. The van der Waals surface area contributed by atoms with E-state index in [4.69, 9.17) is 10.5 Å². The Kier molecular flexibility index (Phi) is 3.76. The molecular weight excluding hydrogens is 266 g/mol. The van der Waals surface area contributed by atoms with E-state index in [1.165, 1.54) is 13.1 Å². The Hall–Kier alpha value is -2.41. The molecule has 19 heavy (non-hydrogen) atoms. The number of ether oxygens (including phenoxy) is 1. The van der Waals surface area contributed by atoms with Gasteiger partial charge in [0.05, 0.1) is 11.8 Å². The Labute approximate surface area is 113 Å². The summed E-state index contributed by atoms with van der Waals surface area (Å²) in [6, 6.07) is 6.48. The first-order chi connectivity index (χ1) is 9.06. The Balaban J connectivity index is 2.21. The van der Waals surface area contributed by atoms with Crippen molar-refractivity contribution in [3.05, 3.63) is 36.0 Å². The van der Waals surface area contributed by atoms with Gasteiger partial charge >= 0.3 is 5.97 Å². The normalized spacial score (nSPS) is 9.95. The standard InChI is InChI=1S/C12H11N3O3S/c1-7(16)18-9-5-3-2-4-8(9)11(17)15-10-6-14-12(13)19-10/h2-6H,1H3,(H2,13,14)(H,15,17). The van der Waals surface area contributed by atoms with Crippen molar-refractivity contribution < 1.29 is 14.3 Å². The highest BCUT2D eigenvalue weighted by Crippen LogP contribution is 2.23. The van der Waals surface area contributed by atoms with Gasteiger partial charge in [-0.3, -0.25) is 9.59 Å². The van der Waals surface area contributed by atoms with Crippen molar-refractivity contribution in [2.45, 2.75) is 6.92 Å². The molecule has 1 aromatic carbocycles. The monoisotopic (exact) mass is 277 g/mol. The highest BCUT2D eigenvalue weighted by Gasteiger charge is 2.14. The van der Waals surface area contributed by atoms with Crippen LogP contribution in [0.3, 0.4) is 0 Å². The second-order valence-corrected chi connectivity index (χ2v) is 4.67. The molecule has 0 atom stereocenters. The summed E-state index contributed by atoms with van der Waals surface area (Å²) in [6.45, 7) is 1.28. The quantitative estimate of drug-likeness (QED) is 0.660. The van der Waals surface area contributed by atoms with E-state index in [0.717, 1.165) is 11.3 Å². The summed E-state index contributed by atoms with van der Waals surface area (Å²) < 4.78 is 4.97. The van der Waals surface area contributed by atoms with E-state index in [1.807, 2.05) is 0 Å². The average Bonchev–Trinajstić information content (AvgIpc) is 2.74. The molecule has 2 aromatic rings. The van der Waals surface area contributed by atoms with Crippen molar-refractivity contribution in [2.75, 3.05) is 11.1 Å². The van der Waals surface area contributed by atoms with E-state index >= 15 is 0 Å². The molecule has 3 N–H and O–H groups in total. The van der Waals surface area contributed by atoms with Crippen molar-refractivity contribution in [3.63, 3.8) is 0 Å². The number of nitrogen functional groups attached to an aromatic ring is 1. The maximum absolute atomic E-state index is 12.1. The fourth-order valence-corrected chi connectivity index (χ4v) is 2.00. The number of esters is 1. The van der Waals surface area contributed by atoms with E-state index in [0.29, 0.717) is 10.1 Å². The molecule has 0 aliphatic rings. The predicted molar refractivity (Wildman–Crippen MR) is 72.2 cm³/mol. The third-order valence-corrected chi connectivity index (χ3v) is 2.89. The second-order valence-electron chi connectivity index (χ2n) is 3.61. The van der Waals surface area contributed by atoms with E-state index in [9.17, 15) is 9.59 Å². The zero-order valence-electron chi connectivity index (χ0n) is 10.0. The number of hydrogen-bond acceptors (Lipinski definition) is 6. The minimum Gasteiger partial charge on any atom is -0.426 e. The number of para-hydroxylation sites is 1. The molecule has 7 heteroatoms. The third-order valence-electron chi connectivity index (χ3n) is 2.15. The molecular formula is C12H11N3O3S. The molecule has 0 saturated carbocycles. The average molecular weight is 277 g/mol. The molecule has 98 valence electrons. The van der Waals surface area contributed by atoms with Crippen LogP contribution in [0.2, 0.25) is 0 Å². The number of thiazole rings is 1. The number of carbonyl (C=O) groups excluding carboxylic acids is 2. The summed E-state index contributed by atoms with van der Waals surface area (Å²) >= 11 is 1.16. The van der Waals surface area contributed by atoms with Crippen LogP contribution in [0.25, 0.3) is 0 Å². The summed E-state index contributed by atoms with van der Waals surface area (Å²) in [6.07, 6.45) is 1.46. The van der Waals surface area contributed by atoms with Gasteiger partial charge in [-0.25, -0.2) is 4.98 Å². The van der Waals surface area contributed by atoms with Crippen molar-refractivity contribution in [1.82, 2.24) is 4.98 Å². The lowest BCUT2D eigenvalue weighted by atomic mass is 10.2. The van der Waals surface area contributed by atoms with Gasteiger partial charge in [0.1, 0.15) is 10.8 Å². The number of carbonyl (C=O) groups is 2. The Bertz CT molecular complexity index is 624. The van der Waals surface area contributed by atoms with Gasteiger partial charge in [0, 0.05) is 6.92 Å². The lowest BCUT2D eigenvalue weighted by Crippen LogP contribution is -2.14. The fraction of sp³-hybridized carbons (Fsp3) is 0.0833. The van der Waals surface area contributed by atoms with E-state index in [1.54, 1.807) is 24.3 Å². The molecule has 0 aliphatic carbocycles. The number of aromatic nitrogens is 1. The number of nitrogens with zero attached hydrogens (tertiary/aromatic N) is 1. The zero-order chi connectivity index (χ0) is 13.8. The molecule has 0 fully saturated rings. The first-order valence-electron chi connectivity index (χ1n) is 5.36. The van der Waals surface area contributed by atoms with E-state index in [2.05, 4.69) is 10.3 Å². The first kappa shape index (κ1) is 13.0. The van der Waals surface area contributed by atoms with Crippen LogP contribution in [0, 0.1) is 0 Å². The Morgan fingerprint density at radius 1 is 1.37 bits per heavy atom.